The van der Waals surface area contributed by atoms with Gasteiger partial charge in [-0.1, -0.05) is 212 Å². The topological polar surface area (TPSA) is 43.6 Å². The molecule has 0 bridgehead atoms. The van der Waals surface area contributed by atoms with Gasteiger partial charge in [0.15, 0.2) is 11.6 Å². The first-order valence-electron chi connectivity index (χ1n) is 20.7. The molecule has 0 saturated carbocycles. The second-order valence-corrected chi connectivity index (χ2v) is 16.9. The van der Waals surface area contributed by atoms with Crippen molar-refractivity contribution < 1.29 is 0 Å². The average molecular weight is 795 g/mol. The molecule has 1 spiro atoms. The lowest BCUT2D eigenvalue weighted by atomic mass is 9.67. The van der Waals surface area contributed by atoms with E-state index in [0.717, 1.165) is 49.3 Å². The maximum atomic E-state index is 5.47. The molecule has 0 fully saturated rings. The smallest absolute Gasteiger partial charge is 0.238 e. The van der Waals surface area contributed by atoms with Crippen LogP contribution in [0.25, 0.3) is 83.6 Å². The fourth-order valence-corrected chi connectivity index (χ4v) is 11.4. The highest BCUT2D eigenvalue weighted by atomic mass is 32.2. The van der Waals surface area contributed by atoms with E-state index in [9.17, 15) is 0 Å². The Morgan fingerprint density at radius 1 is 0.361 bits per heavy atom. The van der Waals surface area contributed by atoms with E-state index in [4.69, 9.17) is 15.0 Å². The first-order valence-corrected chi connectivity index (χ1v) is 21.5. The third-order valence-corrected chi connectivity index (χ3v) is 13.9. The number of aromatic nitrogens is 4. The minimum atomic E-state index is -0.526. The summed E-state index contributed by atoms with van der Waals surface area (Å²) in [6.07, 6.45) is 0. The highest BCUT2D eigenvalue weighted by Crippen LogP contribution is 2.63. The van der Waals surface area contributed by atoms with Gasteiger partial charge in [0.2, 0.25) is 5.95 Å². The average Bonchev–Trinajstić information content (AvgIpc) is 3.84. The predicted molar refractivity (Wildman–Crippen MR) is 249 cm³/mol. The van der Waals surface area contributed by atoms with Crippen molar-refractivity contribution in [2.45, 2.75) is 15.2 Å². The molecule has 61 heavy (non-hydrogen) atoms. The number of rotatable bonds is 4. The molecule has 2 aliphatic rings. The van der Waals surface area contributed by atoms with Crippen LogP contribution in [0.5, 0.6) is 0 Å². The van der Waals surface area contributed by atoms with E-state index in [0.29, 0.717) is 17.6 Å². The molecular formula is C56H34N4S. The van der Waals surface area contributed by atoms with Gasteiger partial charge in [-0.15, -0.1) is 0 Å². The molecule has 1 aliphatic carbocycles. The van der Waals surface area contributed by atoms with Gasteiger partial charge in [-0.3, -0.25) is 4.57 Å². The Balaban J connectivity index is 1.16. The van der Waals surface area contributed by atoms with E-state index in [-0.39, 0.29) is 0 Å². The zero-order valence-corrected chi connectivity index (χ0v) is 33.6. The minimum absolute atomic E-state index is 0.526. The van der Waals surface area contributed by atoms with E-state index in [1.807, 2.05) is 36.0 Å². The van der Waals surface area contributed by atoms with Gasteiger partial charge < -0.3 is 0 Å². The van der Waals surface area contributed by atoms with Crippen molar-refractivity contribution >= 4 is 44.3 Å². The van der Waals surface area contributed by atoms with Gasteiger partial charge in [-0.05, 0) is 56.0 Å². The van der Waals surface area contributed by atoms with Gasteiger partial charge in [-0.2, -0.15) is 9.97 Å². The van der Waals surface area contributed by atoms with Crippen molar-refractivity contribution in [3.63, 3.8) is 0 Å². The third kappa shape index (κ3) is 4.92. The quantitative estimate of drug-likeness (QED) is 0.178. The fraction of sp³-hybridized carbons (Fsp3) is 0.0179. The largest absolute Gasteiger partial charge is 0.276 e. The standard InChI is InChI=1S/C56H34N4S/c1-3-15-35(16-4-1)36-27-29-39(30-28-36)54-57-53(38-18-5-2-6-19-38)58-55(59-54)60-50-40-20-8-7-17-37(40)31-32-43(50)44-33-34-48-52(51(44)60)61-49-26-14-13-25-47(49)56(48)45-23-11-9-21-41(45)42-22-10-12-24-46(42)56/h1-34H. The summed E-state index contributed by atoms with van der Waals surface area (Å²) in [5.41, 5.74) is 13.6. The molecule has 0 saturated heterocycles. The Morgan fingerprint density at radius 3 is 1.61 bits per heavy atom. The zero-order valence-electron chi connectivity index (χ0n) is 32.8. The number of hydrogen-bond donors (Lipinski definition) is 0. The van der Waals surface area contributed by atoms with Crippen molar-refractivity contribution in [2.75, 3.05) is 0 Å². The maximum Gasteiger partial charge on any atom is 0.238 e. The molecular weight excluding hydrogens is 761 g/mol. The molecule has 284 valence electrons. The van der Waals surface area contributed by atoms with Crippen LogP contribution in [0.1, 0.15) is 22.3 Å². The number of fused-ring (bicyclic) bond motifs is 15. The fourth-order valence-electron chi connectivity index (χ4n) is 10.1. The van der Waals surface area contributed by atoms with E-state index in [2.05, 4.69) is 187 Å². The van der Waals surface area contributed by atoms with Crippen molar-refractivity contribution in [2.24, 2.45) is 0 Å². The lowest BCUT2D eigenvalue weighted by Crippen LogP contribution is -2.32. The summed E-state index contributed by atoms with van der Waals surface area (Å²) in [7, 11) is 0. The van der Waals surface area contributed by atoms with Crippen LogP contribution in [-0.2, 0) is 5.41 Å². The molecule has 13 rings (SSSR count). The molecule has 0 N–H and O–H groups in total. The molecule has 0 unspecified atom stereocenters. The van der Waals surface area contributed by atoms with Crippen LogP contribution in [0.2, 0.25) is 0 Å². The maximum absolute atomic E-state index is 5.47. The van der Waals surface area contributed by atoms with Crippen LogP contribution in [0.3, 0.4) is 0 Å². The van der Waals surface area contributed by atoms with Crippen LogP contribution < -0.4 is 0 Å². The summed E-state index contributed by atoms with van der Waals surface area (Å²) in [5, 5.41) is 4.63. The van der Waals surface area contributed by atoms with Crippen LogP contribution in [0, 0.1) is 0 Å². The number of benzene rings is 9. The van der Waals surface area contributed by atoms with Crippen molar-refractivity contribution in [3.05, 3.63) is 229 Å². The van der Waals surface area contributed by atoms with Gasteiger partial charge >= 0.3 is 0 Å². The van der Waals surface area contributed by atoms with Gasteiger partial charge in [0.05, 0.1) is 16.4 Å². The monoisotopic (exact) mass is 794 g/mol. The summed E-state index contributed by atoms with van der Waals surface area (Å²) in [5.74, 6) is 1.83. The van der Waals surface area contributed by atoms with Crippen molar-refractivity contribution in [1.29, 1.82) is 0 Å². The molecule has 0 radical (unpaired) electrons. The Kier molecular flexibility index (Phi) is 7.42. The molecule has 5 heteroatoms. The minimum Gasteiger partial charge on any atom is -0.276 e. The molecule has 1 aliphatic heterocycles. The molecule has 0 atom stereocenters. The van der Waals surface area contributed by atoms with Crippen LogP contribution in [-0.4, -0.2) is 19.5 Å². The Morgan fingerprint density at radius 2 is 0.885 bits per heavy atom. The first kappa shape index (κ1) is 34.3. The lowest BCUT2D eigenvalue weighted by molar-refractivity contribution is 0.724. The molecule has 4 nitrogen and oxygen atoms in total. The summed E-state index contributed by atoms with van der Waals surface area (Å²) in [6.45, 7) is 0. The summed E-state index contributed by atoms with van der Waals surface area (Å²) >= 11 is 1.86. The van der Waals surface area contributed by atoms with Gasteiger partial charge in [0.25, 0.3) is 0 Å². The SMILES string of the molecule is c1ccc(-c2ccc(-c3nc(-c4ccccc4)nc(-n4c5c6c(ccc5c5ccc7ccccc7c54)C4(c5ccccc5S6)c5ccccc5-c5ccccc54)n3)cc2)cc1. The van der Waals surface area contributed by atoms with E-state index < -0.39 is 5.41 Å². The van der Waals surface area contributed by atoms with E-state index >= 15 is 0 Å². The van der Waals surface area contributed by atoms with Crippen molar-refractivity contribution in [1.82, 2.24) is 19.5 Å². The van der Waals surface area contributed by atoms with Crippen LogP contribution in [0.15, 0.2) is 216 Å². The van der Waals surface area contributed by atoms with Crippen molar-refractivity contribution in [3.8, 4) is 51.0 Å². The molecule has 11 aromatic rings. The number of hydrogen-bond acceptors (Lipinski definition) is 4. The molecule has 2 aromatic heterocycles. The van der Waals surface area contributed by atoms with E-state index in [1.54, 1.807) is 0 Å². The van der Waals surface area contributed by atoms with Gasteiger partial charge in [-0.25, -0.2) is 4.98 Å². The number of nitrogens with zero attached hydrogens (tertiary/aromatic N) is 4. The Bertz CT molecular complexity index is 3510. The molecule has 9 aromatic carbocycles. The summed E-state index contributed by atoms with van der Waals surface area (Å²) in [4.78, 5) is 18.5. The molecule has 3 heterocycles. The normalized spacial score (nSPS) is 13.3. The lowest BCUT2D eigenvalue weighted by Gasteiger charge is -2.40. The highest BCUT2D eigenvalue weighted by molar-refractivity contribution is 7.99. The third-order valence-electron chi connectivity index (χ3n) is 12.7. The Hall–Kier alpha value is -7.60. The summed E-state index contributed by atoms with van der Waals surface area (Å²) < 4.78 is 2.35. The van der Waals surface area contributed by atoms with E-state index in [1.165, 1.54) is 48.7 Å². The zero-order chi connectivity index (χ0) is 40.1. The summed E-state index contributed by atoms with van der Waals surface area (Å²) in [6, 6.07) is 74.3. The van der Waals surface area contributed by atoms with Crippen LogP contribution >= 0.6 is 11.8 Å². The van der Waals surface area contributed by atoms with Gasteiger partial charge in [0, 0.05) is 37.1 Å². The van der Waals surface area contributed by atoms with Gasteiger partial charge in [0.1, 0.15) is 0 Å². The highest BCUT2D eigenvalue weighted by Gasteiger charge is 2.50. The predicted octanol–water partition coefficient (Wildman–Crippen LogP) is 14.0. The second kappa shape index (κ2) is 13.2. The second-order valence-electron chi connectivity index (χ2n) is 15.9. The Labute approximate surface area is 356 Å². The first-order chi connectivity index (χ1) is 30.3. The molecule has 0 amide bonds. The van der Waals surface area contributed by atoms with Crippen LogP contribution in [0.4, 0.5) is 0 Å².